The van der Waals surface area contributed by atoms with E-state index in [0.717, 1.165) is 64.5 Å². The number of hydrogen-bond donors (Lipinski definition) is 1. The van der Waals surface area contributed by atoms with Gasteiger partial charge in [-0.2, -0.15) is 0 Å². The van der Waals surface area contributed by atoms with E-state index in [0.29, 0.717) is 6.54 Å². The molecule has 30 heavy (non-hydrogen) atoms. The molecule has 0 bridgehead atoms. The molecule has 2 amide bonds. The molecule has 1 saturated heterocycles. The van der Waals surface area contributed by atoms with E-state index in [9.17, 15) is 4.79 Å². The molecule has 2 aliphatic heterocycles. The first kappa shape index (κ1) is 19.3. The van der Waals surface area contributed by atoms with E-state index in [1.165, 1.54) is 0 Å². The minimum absolute atomic E-state index is 0.0418. The summed E-state index contributed by atoms with van der Waals surface area (Å²) in [4.78, 5) is 31.1. The molecular formula is C22H24N6OS. The molecule has 2 aliphatic rings. The molecule has 3 aromatic heterocycles. The standard InChI is InChI=1S/C22H24N6OS/c1-27-13-15-12-24-18-5-4-17(14-3-6-19(30-2)25-11-14)26-20(18)21(15)28(22(27)29)16-7-9-23-10-8-16/h3-6,11-12,16,23H,7-10,13H2,1-2H3. The van der Waals surface area contributed by atoms with Crippen LogP contribution in [0.15, 0.2) is 41.7 Å². The number of thioether (sulfide) groups is 1. The van der Waals surface area contributed by atoms with Crippen LogP contribution in [0.3, 0.4) is 0 Å². The van der Waals surface area contributed by atoms with Crippen molar-refractivity contribution < 1.29 is 4.79 Å². The predicted octanol–water partition coefficient (Wildman–Crippen LogP) is 3.54. The van der Waals surface area contributed by atoms with Gasteiger partial charge in [-0.05, 0) is 56.5 Å². The number of rotatable bonds is 3. The largest absolute Gasteiger partial charge is 0.324 e. The predicted molar refractivity (Wildman–Crippen MR) is 120 cm³/mol. The molecule has 154 valence electrons. The zero-order valence-electron chi connectivity index (χ0n) is 17.1. The minimum Gasteiger partial charge on any atom is -0.323 e. The number of carbonyl (C=O) groups is 1. The molecule has 0 radical (unpaired) electrons. The van der Waals surface area contributed by atoms with Crippen molar-refractivity contribution in [3.63, 3.8) is 0 Å². The molecule has 5 rings (SSSR count). The first-order chi connectivity index (χ1) is 14.7. The summed E-state index contributed by atoms with van der Waals surface area (Å²) in [5, 5.41) is 4.37. The Hall–Kier alpha value is -2.71. The second-order valence-corrected chi connectivity index (χ2v) is 8.60. The first-order valence-electron chi connectivity index (χ1n) is 10.2. The highest BCUT2D eigenvalue weighted by molar-refractivity contribution is 7.98. The van der Waals surface area contributed by atoms with Gasteiger partial charge in [0.15, 0.2) is 0 Å². The Morgan fingerprint density at radius 3 is 2.67 bits per heavy atom. The Bertz CT molecular complexity index is 1100. The smallest absolute Gasteiger partial charge is 0.323 e. The summed E-state index contributed by atoms with van der Waals surface area (Å²) in [6.07, 6.45) is 7.62. The number of anilines is 1. The molecule has 3 aromatic rings. The number of pyridine rings is 3. The van der Waals surface area contributed by atoms with E-state index in [1.807, 2.05) is 54.9 Å². The number of carbonyl (C=O) groups excluding carboxylic acids is 1. The summed E-state index contributed by atoms with van der Waals surface area (Å²) in [6, 6.07) is 8.22. The fourth-order valence-electron chi connectivity index (χ4n) is 4.30. The second-order valence-electron chi connectivity index (χ2n) is 7.78. The fourth-order valence-corrected chi connectivity index (χ4v) is 4.66. The van der Waals surface area contributed by atoms with Crippen molar-refractivity contribution in [1.29, 1.82) is 0 Å². The topological polar surface area (TPSA) is 74.2 Å². The lowest BCUT2D eigenvalue weighted by Gasteiger charge is -2.41. The highest BCUT2D eigenvalue weighted by atomic mass is 32.2. The van der Waals surface area contributed by atoms with Crippen LogP contribution < -0.4 is 10.2 Å². The summed E-state index contributed by atoms with van der Waals surface area (Å²) >= 11 is 1.61. The fraction of sp³-hybridized carbons (Fsp3) is 0.364. The number of nitrogens with one attached hydrogen (secondary N) is 1. The molecule has 0 atom stereocenters. The van der Waals surface area contributed by atoms with Crippen molar-refractivity contribution in [2.75, 3.05) is 31.3 Å². The van der Waals surface area contributed by atoms with Crippen LogP contribution >= 0.6 is 11.8 Å². The van der Waals surface area contributed by atoms with Crippen LogP contribution in [0.2, 0.25) is 0 Å². The molecule has 0 saturated carbocycles. The van der Waals surface area contributed by atoms with Crippen molar-refractivity contribution in [3.8, 4) is 11.3 Å². The molecule has 0 aromatic carbocycles. The number of nitrogens with zero attached hydrogens (tertiary/aromatic N) is 5. The van der Waals surface area contributed by atoms with Gasteiger partial charge in [-0.25, -0.2) is 14.8 Å². The van der Waals surface area contributed by atoms with Crippen LogP contribution in [0, 0.1) is 0 Å². The summed E-state index contributed by atoms with van der Waals surface area (Å²) in [5.74, 6) is 0. The van der Waals surface area contributed by atoms with Gasteiger partial charge in [-0.15, -0.1) is 11.8 Å². The van der Waals surface area contributed by atoms with Gasteiger partial charge in [-0.1, -0.05) is 0 Å². The van der Waals surface area contributed by atoms with Crippen molar-refractivity contribution in [1.82, 2.24) is 25.2 Å². The first-order valence-corrected chi connectivity index (χ1v) is 11.4. The van der Waals surface area contributed by atoms with E-state index < -0.39 is 0 Å². The van der Waals surface area contributed by atoms with Crippen LogP contribution in [0.4, 0.5) is 10.5 Å². The molecule has 0 aliphatic carbocycles. The zero-order chi connectivity index (χ0) is 20.7. The normalized spacial score (nSPS) is 17.5. The van der Waals surface area contributed by atoms with Gasteiger partial charge < -0.3 is 10.2 Å². The van der Waals surface area contributed by atoms with E-state index in [4.69, 9.17) is 4.98 Å². The van der Waals surface area contributed by atoms with Gasteiger partial charge in [0.1, 0.15) is 5.52 Å². The summed E-state index contributed by atoms with van der Waals surface area (Å²) in [5.41, 5.74) is 5.37. The van der Waals surface area contributed by atoms with E-state index >= 15 is 0 Å². The lowest BCUT2D eigenvalue weighted by Crippen LogP contribution is -2.53. The highest BCUT2D eigenvalue weighted by Crippen LogP contribution is 2.37. The Kier molecular flexibility index (Phi) is 5.04. The Balaban J connectivity index is 1.66. The quantitative estimate of drug-likeness (QED) is 0.654. The molecule has 0 unspecified atom stereocenters. The van der Waals surface area contributed by atoms with Crippen LogP contribution in [0.25, 0.3) is 22.3 Å². The molecule has 5 heterocycles. The third-order valence-electron chi connectivity index (χ3n) is 5.86. The lowest BCUT2D eigenvalue weighted by molar-refractivity contribution is 0.205. The van der Waals surface area contributed by atoms with E-state index in [-0.39, 0.29) is 12.1 Å². The maximum atomic E-state index is 13.2. The molecule has 0 spiro atoms. The lowest BCUT2D eigenvalue weighted by atomic mass is 10.0. The van der Waals surface area contributed by atoms with Gasteiger partial charge in [0, 0.05) is 36.6 Å². The SMILES string of the molecule is CSc1ccc(-c2ccc3ncc4c(c3n2)N(C2CCNCC2)C(=O)N(C)C4)cn1. The molecule has 8 heteroatoms. The molecule has 7 nitrogen and oxygen atoms in total. The summed E-state index contributed by atoms with van der Waals surface area (Å²) in [6.45, 7) is 2.39. The van der Waals surface area contributed by atoms with Crippen molar-refractivity contribution in [3.05, 3.63) is 42.2 Å². The number of hydrogen-bond acceptors (Lipinski definition) is 6. The Morgan fingerprint density at radius 2 is 1.93 bits per heavy atom. The van der Waals surface area contributed by atoms with Gasteiger partial charge in [0.25, 0.3) is 0 Å². The van der Waals surface area contributed by atoms with Crippen molar-refractivity contribution >= 4 is 34.5 Å². The average Bonchev–Trinajstić information content (AvgIpc) is 2.80. The Morgan fingerprint density at radius 1 is 1.10 bits per heavy atom. The van der Waals surface area contributed by atoms with Gasteiger partial charge in [0.2, 0.25) is 0 Å². The third-order valence-corrected chi connectivity index (χ3v) is 6.52. The highest BCUT2D eigenvalue weighted by Gasteiger charge is 2.36. The summed E-state index contributed by atoms with van der Waals surface area (Å²) in [7, 11) is 1.85. The maximum Gasteiger partial charge on any atom is 0.324 e. The monoisotopic (exact) mass is 420 g/mol. The van der Waals surface area contributed by atoms with Gasteiger partial charge in [0.05, 0.1) is 28.5 Å². The zero-order valence-corrected chi connectivity index (χ0v) is 17.9. The van der Waals surface area contributed by atoms with Crippen molar-refractivity contribution in [2.45, 2.75) is 30.5 Å². The van der Waals surface area contributed by atoms with Crippen LogP contribution in [0.5, 0.6) is 0 Å². The maximum absolute atomic E-state index is 13.2. The third kappa shape index (κ3) is 3.30. The van der Waals surface area contributed by atoms with Crippen LogP contribution in [0.1, 0.15) is 18.4 Å². The second kappa shape index (κ2) is 7.85. The Labute approximate surface area is 179 Å². The van der Waals surface area contributed by atoms with Crippen LogP contribution in [-0.4, -0.2) is 58.3 Å². The molecular weight excluding hydrogens is 396 g/mol. The average molecular weight is 421 g/mol. The minimum atomic E-state index is 0.0418. The number of aromatic nitrogens is 3. The van der Waals surface area contributed by atoms with Gasteiger partial charge in [-0.3, -0.25) is 9.88 Å². The number of amides is 2. The van der Waals surface area contributed by atoms with Gasteiger partial charge >= 0.3 is 6.03 Å². The summed E-state index contributed by atoms with van der Waals surface area (Å²) < 4.78 is 0. The molecule has 1 fully saturated rings. The number of urea groups is 1. The van der Waals surface area contributed by atoms with Crippen molar-refractivity contribution in [2.24, 2.45) is 0 Å². The molecule has 1 N–H and O–H groups in total. The number of piperidine rings is 1. The van der Waals surface area contributed by atoms with E-state index in [1.54, 1.807) is 16.7 Å². The number of fused-ring (bicyclic) bond motifs is 3. The van der Waals surface area contributed by atoms with E-state index in [2.05, 4.69) is 15.3 Å². The van der Waals surface area contributed by atoms with Crippen LogP contribution in [-0.2, 0) is 6.54 Å².